The second kappa shape index (κ2) is 6.92. The van der Waals surface area contributed by atoms with Crippen LogP contribution >= 0.6 is 11.6 Å². The highest BCUT2D eigenvalue weighted by Crippen LogP contribution is 2.19. The minimum absolute atomic E-state index is 0.530. The Bertz CT molecular complexity index is 582. The van der Waals surface area contributed by atoms with E-state index in [-0.39, 0.29) is 0 Å². The summed E-state index contributed by atoms with van der Waals surface area (Å²) >= 11 is 5.87. The lowest BCUT2D eigenvalue weighted by molar-refractivity contribution is 0.305. The Morgan fingerprint density at radius 1 is 1.14 bits per heavy atom. The molecule has 1 aliphatic carbocycles. The molecular weight excluding hydrogens is 284 g/mol. The van der Waals surface area contributed by atoms with E-state index >= 15 is 0 Å². The summed E-state index contributed by atoms with van der Waals surface area (Å²) in [6, 6.07) is 11.1. The van der Waals surface area contributed by atoms with E-state index in [1.807, 2.05) is 0 Å². The zero-order valence-electron chi connectivity index (χ0n) is 11.9. The van der Waals surface area contributed by atoms with Crippen molar-refractivity contribution in [3.05, 3.63) is 58.9 Å². The molecule has 2 aromatic rings. The molecule has 1 aromatic carbocycles. The molecule has 0 unspecified atom stereocenters. The molecule has 1 fully saturated rings. The Hall–Kier alpha value is -1.58. The minimum atomic E-state index is 0.530. The Kier molecular flexibility index (Phi) is 4.73. The van der Waals surface area contributed by atoms with E-state index in [4.69, 9.17) is 16.3 Å². The molecule has 1 aliphatic rings. The fraction of sp³-hybridized carbons (Fsp3) is 0.353. The third-order valence-electron chi connectivity index (χ3n) is 3.53. The molecule has 4 heteroatoms. The van der Waals surface area contributed by atoms with Crippen molar-refractivity contribution in [3.63, 3.8) is 0 Å². The number of rotatable bonds is 7. The van der Waals surface area contributed by atoms with Crippen LogP contribution < -0.4 is 10.1 Å². The van der Waals surface area contributed by atoms with Crippen molar-refractivity contribution in [2.45, 2.75) is 31.9 Å². The number of aromatic nitrogens is 1. The SMILES string of the molecule is Clc1cncc(OCc2ccc(CCNC3CC3)cc2)c1. The molecule has 3 rings (SSSR count). The van der Waals surface area contributed by atoms with Crippen LogP contribution in [0.1, 0.15) is 24.0 Å². The van der Waals surface area contributed by atoms with Crippen molar-refractivity contribution in [1.82, 2.24) is 10.3 Å². The predicted octanol–water partition coefficient (Wildman–Crippen LogP) is 3.61. The van der Waals surface area contributed by atoms with Gasteiger partial charge in [0.1, 0.15) is 12.4 Å². The van der Waals surface area contributed by atoms with Crippen LogP contribution in [0.15, 0.2) is 42.7 Å². The van der Waals surface area contributed by atoms with Crippen molar-refractivity contribution in [2.75, 3.05) is 6.54 Å². The summed E-state index contributed by atoms with van der Waals surface area (Å²) in [5.74, 6) is 0.695. The first-order valence-corrected chi connectivity index (χ1v) is 7.72. The van der Waals surface area contributed by atoms with E-state index in [1.165, 1.54) is 18.4 Å². The van der Waals surface area contributed by atoms with Gasteiger partial charge in [0.25, 0.3) is 0 Å². The molecule has 110 valence electrons. The maximum Gasteiger partial charge on any atom is 0.139 e. The van der Waals surface area contributed by atoms with Crippen LogP contribution in [0.4, 0.5) is 0 Å². The van der Waals surface area contributed by atoms with Crippen LogP contribution in [0.5, 0.6) is 5.75 Å². The minimum Gasteiger partial charge on any atom is -0.487 e. The summed E-state index contributed by atoms with van der Waals surface area (Å²) in [5.41, 5.74) is 2.50. The van der Waals surface area contributed by atoms with Gasteiger partial charge in [-0.15, -0.1) is 0 Å². The number of nitrogens with one attached hydrogen (secondary N) is 1. The lowest BCUT2D eigenvalue weighted by atomic mass is 10.1. The number of benzene rings is 1. The van der Waals surface area contributed by atoms with Gasteiger partial charge in [0, 0.05) is 18.3 Å². The van der Waals surface area contributed by atoms with Gasteiger partial charge in [-0.3, -0.25) is 4.98 Å². The van der Waals surface area contributed by atoms with Crippen LogP contribution in [0, 0.1) is 0 Å². The zero-order valence-corrected chi connectivity index (χ0v) is 12.6. The second-order valence-electron chi connectivity index (χ2n) is 5.42. The standard InChI is InChI=1S/C17H19ClN2O/c18-15-9-17(11-19-10-15)21-12-14-3-1-13(2-4-14)7-8-20-16-5-6-16/h1-4,9-11,16,20H,5-8,12H2. The molecule has 0 radical (unpaired) electrons. The maximum atomic E-state index is 5.87. The van der Waals surface area contributed by atoms with Crippen LogP contribution in [-0.2, 0) is 13.0 Å². The summed E-state index contributed by atoms with van der Waals surface area (Å²) in [4.78, 5) is 4.00. The lowest BCUT2D eigenvalue weighted by Crippen LogP contribution is -2.19. The first-order chi connectivity index (χ1) is 10.3. The van der Waals surface area contributed by atoms with Gasteiger partial charge in [-0.05, 0) is 36.9 Å². The molecule has 0 amide bonds. The molecule has 0 bridgehead atoms. The average Bonchev–Trinajstić information content (AvgIpc) is 3.31. The normalized spacial score (nSPS) is 14.1. The van der Waals surface area contributed by atoms with Crippen LogP contribution in [-0.4, -0.2) is 17.6 Å². The van der Waals surface area contributed by atoms with E-state index in [9.17, 15) is 0 Å². The van der Waals surface area contributed by atoms with Crippen LogP contribution in [0.25, 0.3) is 0 Å². The molecule has 21 heavy (non-hydrogen) atoms. The Balaban J connectivity index is 1.47. The molecule has 1 aromatic heterocycles. The highest BCUT2D eigenvalue weighted by molar-refractivity contribution is 6.30. The van der Waals surface area contributed by atoms with E-state index in [0.29, 0.717) is 17.4 Å². The van der Waals surface area contributed by atoms with Gasteiger partial charge < -0.3 is 10.1 Å². The van der Waals surface area contributed by atoms with Gasteiger partial charge in [-0.1, -0.05) is 35.9 Å². The summed E-state index contributed by atoms with van der Waals surface area (Å²) < 4.78 is 5.67. The fourth-order valence-electron chi connectivity index (χ4n) is 2.15. The molecule has 1 saturated carbocycles. The number of halogens is 1. The molecule has 0 aliphatic heterocycles. The van der Waals surface area contributed by atoms with Gasteiger partial charge in [0.2, 0.25) is 0 Å². The lowest BCUT2D eigenvalue weighted by Gasteiger charge is -2.07. The van der Waals surface area contributed by atoms with E-state index in [1.54, 1.807) is 18.5 Å². The number of hydrogen-bond acceptors (Lipinski definition) is 3. The third-order valence-corrected chi connectivity index (χ3v) is 3.74. The Morgan fingerprint density at radius 3 is 2.62 bits per heavy atom. The van der Waals surface area contributed by atoms with Gasteiger partial charge >= 0.3 is 0 Å². The number of ether oxygens (including phenoxy) is 1. The Morgan fingerprint density at radius 2 is 1.90 bits per heavy atom. The number of hydrogen-bond donors (Lipinski definition) is 1. The smallest absolute Gasteiger partial charge is 0.139 e. The molecular formula is C17H19ClN2O. The molecule has 0 spiro atoms. The van der Waals surface area contributed by atoms with Crippen molar-refractivity contribution < 1.29 is 4.74 Å². The van der Waals surface area contributed by atoms with Gasteiger partial charge in [0.05, 0.1) is 11.2 Å². The molecule has 3 nitrogen and oxygen atoms in total. The zero-order chi connectivity index (χ0) is 14.5. The van der Waals surface area contributed by atoms with Gasteiger partial charge in [-0.2, -0.15) is 0 Å². The maximum absolute atomic E-state index is 5.87. The van der Waals surface area contributed by atoms with Crippen molar-refractivity contribution in [2.24, 2.45) is 0 Å². The largest absolute Gasteiger partial charge is 0.487 e. The first-order valence-electron chi connectivity index (χ1n) is 7.34. The topological polar surface area (TPSA) is 34.1 Å². The summed E-state index contributed by atoms with van der Waals surface area (Å²) in [6.07, 6.45) is 7.03. The fourth-order valence-corrected chi connectivity index (χ4v) is 2.31. The van der Waals surface area contributed by atoms with E-state index < -0.39 is 0 Å². The van der Waals surface area contributed by atoms with Crippen LogP contribution in [0.2, 0.25) is 5.02 Å². The summed E-state index contributed by atoms with van der Waals surface area (Å²) in [5, 5.41) is 4.12. The number of pyridine rings is 1. The van der Waals surface area contributed by atoms with Crippen LogP contribution in [0.3, 0.4) is 0 Å². The molecule has 1 N–H and O–H groups in total. The summed E-state index contributed by atoms with van der Waals surface area (Å²) in [7, 11) is 0. The average molecular weight is 303 g/mol. The quantitative estimate of drug-likeness (QED) is 0.848. The van der Waals surface area contributed by atoms with Crippen molar-refractivity contribution in [3.8, 4) is 5.75 Å². The van der Waals surface area contributed by atoms with Gasteiger partial charge in [-0.25, -0.2) is 0 Å². The van der Waals surface area contributed by atoms with Crippen molar-refractivity contribution >= 4 is 11.6 Å². The van der Waals surface area contributed by atoms with E-state index in [0.717, 1.165) is 24.6 Å². The van der Waals surface area contributed by atoms with Crippen molar-refractivity contribution in [1.29, 1.82) is 0 Å². The third kappa shape index (κ3) is 4.73. The monoisotopic (exact) mass is 302 g/mol. The van der Waals surface area contributed by atoms with Gasteiger partial charge in [0.15, 0.2) is 0 Å². The Labute approximate surface area is 130 Å². The molecule has 0 saturated heterocycles. The molecule has 1 heterocycles. The molecule has 0 atom stereocenters. The van der Waals surface area contributed by atoms with E-state index in [2.05, 4.69) is 34.6 Å². The predicted molar refractivity (Wildman–Crippen MR) is 84.7 cm³/mol. The summed E-state index contributed by atoms with van der Waals surface area (Å²) in [6.45, 7) is 1.59. The highest BCUT2D eigenvalue weighted by atomic mass is 35.5. The second-order valence-corrected chi connectivity index (χ2v) is 5.86. The highest BCUT2D eigenvalue weighted by Gasteiger charge is 2.19. The first kappa shape index (κ1) is 14.4. The number of nitrogens with zero attached hydrogens (tertiary/aromatic N) is 1.